The van der Waals surface area contributed by atoms with Crippen LogP contribution in [-0.2, 0) is 9.59 Å². The van der Waals surface area contributed by atoms with Crippen molar-refractivity contribution in [3.63, 3.8) is 0 Å². The van der Waals surface area contributed by atoms with Gasteiger partial charge in [-0.25, -0.2) is 0 Å². The summed E-state index contributed by atoms with van der Waals surface area (Å²) in [5, 5.41) is 2.88. The fraction of sp³-hybridized carbons (Fsp3) is 0.857. The van der Waals surface area contributed by atoms with Crippen molar-refractivity contribution in [3.05, 3.63) is 0 Å². The molecule has 2 saturated heterocycles. The number of carbonyl (C=O) groups excluding carboxylic acids is 2. The first-order valence-electron chi connectivity index (χ1n) is 7.21. The molecule has 0 spiro atoms. The molecule has 4 nitrogen and oxygen atoms in total. The van der Waals surface area contributed by atoms with Crippen LogP contribution in [0.2, 0.25) is 0 Å². The lowest BCUT2D eigenvalue weighted by Crippen LogP contribution is -2.65. The van der Waals surface area contributed by atoms with Gasteiger partial charge in [0.25, 0.3) is 0 Å². The predicted molar refractivity (Wildman–Crippen MR) is 78.0 cm³/mol. The highest BCUT2D eigenvalue weighted by Gasteiger charge is 2.41. The molecule has 5 heteroatoms. The molecule has 2 rings (SSSR count). The summed E-state index contributed by atoms with van der Waals surface area (Å²) in [6.07, 6.45) is 2.76. The Morgan fingerprint density at radius 3 is 2.53 bits per heavy atom. The molecule has 0 radical (unpaired) electrons. The van der Waals surface area contributed by atoms with Crippen molar-refractivity contribution in [2.24, 2.45) is 5.92 Å². The van der Waals surface area contributed by atoms with Crippen molar-refractivity contribution in [1.29, 1.82) is 0 Å². The number of thioether (sulfide) groups is 1. The number of nitrogens with one attached hydrogen (secondary N) is 1. The van der Waals surface area contributed by atoms with E-state index in [0.29, 0.717) is 5.92 Å². The first-order valence-corrected chi connectivity index (χ1v) is 8.36. The summed E-state index contributed by atoms with van der Waals surface area (Å²) >= 11 is 1.94. The van der Waals surface area contributed by atoms with E-state index in [1.54, 1.807) is 0 Å². The fourth-order valence-corrected chi connectivity index (χ4v) is 4.02. The van der Waals surface area contributed by atoms with E-state index in [1.165, 1.54) is 0 Å². The van der Waals surface area contributed by atoms with Gasteiger partial charge in [0.2, 0.25) is 11.8 Å². The Bertz CT molecular complexity index is 353. The number of hydrogen-bond donors (Lipinski definition) is 1. The molecule has 2 aliphatic rings. The predicted octanol–water partition coefficient (Wildman–Crippen LogP) is 1.64. The van der Waals surface area contributed by atoms with Crippen molar-refractivity contribution in [2.75, 3.05) is 11.5 Å². The minimum atomic E-state index is -0.321. The standard InChI is InChI=1S/C14H24N2O2S/c1-9(2)8-12-14(18)16(10(3)13(17)15-12)11-4-6-19-7-5-11/h9-12H,4-8H2,1-3H3,(H,15,17). The molecule has 0 aliphatic carbocycles. The van der Waals surface area contributed by atoms with Crippen molar-refractivity contribution in [1.82, 2.24) is 10.2 Å². The van der Waals surface area contributed by atoms with E-state index >= 15 is 0 Å². The zero-order valence-electron chi connectivity index (χ0n) is 12.0. The Balaban J connectivity index is 2.13. The third-order valence-corrected chi connectivity index (χ3v) is 5.01. The van der Waals surface area contributed by atoms with Crippen molar-refractivity contribution in [3.8, 4) is 0 Å². The van der Waals surface area contributed by atoms with E-state index in [4.69, 9.17) is 0 Å². The third-order valence-electron chi connectivity index (χ3n) is 3.96. The Kier molecular flexibility index (Phi) is 4.76. The molecule has 0 aromatic heterocycles. The number of hydrogen-bond acceptors (Lipinski definition) is 3. The second kappa shape index (κ2) is 6.16. The molecule has 0 aromatic rings. The van der Waals surface area contributed by atoms with Gasteiger partial charge in [-0.2, -0.15) is 11.8 Å². The molecule has 2 amide bonds. The summed E-state index contributed by atoms with van der Waals surface area (Å²) in [7, 11) is 0. The highest BCUT2D eigenvalue weighted by Crippen LogP contribution is 2.26. The first kappa shape index (κ1) is 14.7. The Hall–Kier alpha value is -0.710. The largest absolute Gasteiger partial charge is 0.343 e. The molecule has 2 atom stereocenters. The summed E-state index contributed by atoms with van der Waals surface area (Å²) in [6, 6.07) is -0.383. The lowest BCUT2D eigenvalue weighted by Gasteiger charge is -2.43. The van der Waals surface area contributed by atoms with Crippen molar-refractivity contribution >= 4 is 23.6 Å². The smallest absolute Gasteiger partial charge is 0.246 e. The molecule has 2 unspecified atom stereocenters. The molecule has 0 aromatic carbocycles. The topological polar surface area (TPSA) is 49.4 Å². The Labute approximate surface area is 119 Å². The highest BCUT2D eigenvalue weighted by atomic mass is 32.2. The van der Waals surface area contributed by atoms with E-state index in [9.17, 15) is 9.59 Å². The second-order valence-corrected chi connectivity index (χ2v) is 7.18. The van der Waals surface area contributed by atoms with E-state index in [2.05, 4.69) is 19.2 Å². The van der Waals surface area contributed by atoms with Gasteiger partial charge in [-0.1, -0.05) is 13.8 Å². The van der Waals surface area contributed by atoms with Gasteiger partial charge in [0.15, 0.2) is 0 Å². The second-order valence-electron chi connectivity index (χ2n) is 5.96. The van der Waals surface area contributed by atoms with E-state index in [1.807, 2.05) is 23.6 Å². The van der Waals surface area contributed by atoms with Gasteiger partial charge in [-0.15, -0.1) is 0 Å². The maximum atomic E-state index is 12.6. The van der Waals surface area contributed by atoms with Crippen LogP contribution in [0.5, 0.6) is 0 Å². The summed E-state index contributed by atoms with van der Waals surface area (Å²) in [5.74, 6) is 2.72. The van der Waals surface area contributed by atoms with Gasteiger partial charge in [0, 0.05) is 6.04 Å². The SMILES string of the molecule is CC(C)CC1NC(=O)C(C)N(C2CCSCC2)C1=O. The summed E-state index contributed by atoms with van der Waals surface area (Å²) in [5.41, 5.74) is 0. The van der Waals surface area contributed by atoms with Crippen LogP contribution in [0.25, 0.3) is 0 Å². The van der Waals surface area contributed by atoms with Gasteiger partial charge in [-0.05, 0) is 43.6 Å². The Morgan fingerprint density at radius 1 is 1.32 bits per heavy atom. The van der Waals surface area contributed by atoms with Gasteiger partial charge in [-0.3, -0.25) is 9.59 Å². The van der Waals surface area contributed by atoms with Gasteiger partial charge in [0.05, 0.1) is 0 Å². The van der Waals surface area contributed by atoms with E-state index < -0.39 is 0 Å². The molecule has 1 N–H and O–H groups in total. The molecule has 108 valence electrons. The number of piperazine rings is 1. The molecule has 2 heterocycles. The molecule has 19 heavy (non-hydrogen) atoms. The maximum Gasteiger partial charge on any atom is 0.246 e. The quantitative estimate of drug-likeness (QED) is 0.857. The average molecular weight is 284 g/mol. The number of amides is 2. The summed E-state index contributed by atoms with van der Waals surface area (Å²) in [4.78, 5) is 26.6. The fourth-order valence-electron chi connectivity index (χ4n) is 2.94. The van der Waals surface area contributed by atoms with Crippen LogP contribution in [0, 0.1) is 5.92 Å². The minimum absolute atomic E-state index is 0.00322. The summed E-state index contributed by atoms with van der Waals surface area (Å²) < 4.78 is 0. The van der Waals surface area contributed by atoms with Crippen molar-refractivity contribution in [2.45, 2.75) is 58.2 Å². The monoisotopic (exact) mass is 284 g/mol. The third kappa shape index (κ3) is 3.25. The zero-order chi connectivity index (χ0) is 14.0. The molecule has 0 saturated carbocycles. The van der Waals surface area contributed by atoms with Crippen LogP contribution < -0.4 is 5.32 Å². The molecular formula is C14H24N2O2S. The lowest BCUT2D eigenvalue weighted by atomic mass is 9.96. The van der Waals surface area contributed by atoms with E-state index in [0.717, 1.165) is 30.8 Å². The maximum absolute atomic E-state index is 12.6. The van der Waals surface area contributed by atoms with Crippen LogP contribution in [-0.4, -0.2) is 46.3 Å². The zero-order valence-corrected chi connectivity index (χ0v) is 12.8. The van der Waals surface area contributed by atoms with Crippen molar-refractivity contribution < 1.29 is 9.59 Å². The molecule has 0 bridgehead atoms. The number of rotatable bonds is 3. The summed E-state index contributed by atoms with van der Waals surface area (Å²) in [6.45, 7) is 6.01. The average Bonchev–Trinajstić information content (AvgIpc) is 2.37. The number of nitrogens with zero attached hydrogens (tertiary/aromatic N) is 1. The van der Waals surface area contributed by atoms with E-state index in [-0.39, 0.29) is 29.9 Å². The van der Waals surface area contributed by atoms with Crippen LogP contribution in [0.1, 0.15) is 40.0 Å². The lowest BCUT2D eigenvalue weighted by molar-refractivity contribution is -0.152. The first-order chi connectivity index (χ1) is 9.00. The highest BCUT2D eigenvalue weighted by molar-refractivity contribution is 7.99. The van der Waals surface area contributed by atoms with Crippen LogP contribution in [0.4, 0.5) is 0 Å². The minimum Gasteiger partial charge on any atom is -0.343 e. The van der Waals surface area contributed by atoms with Gasteiger partial charge in [0.1, 0.15) is 12.1 Å². The molecule has 2 fully saturated rings. The van der Waals surface area contributed by atoms with Gasteiger partial charge >= 0.3 is 0 Å². The van der Waals surface area contributed by atoms with Crippen LogP contribution in [0.15, 0.2) is 0 Å². The normalized spacial score (nSPS) is 29.8. The Morgan fingerprint density at radius 2 is 1.95 bits per heavy atom. The molecular weight excluding hydrogens is 260 g/mol. The van der Waals surface area contributed by atoms with Crippen LogP contribution in [0.3, 0.4) is 0 Å². The molecule has 2 aliphatic heterocycles. The number of carbonyl (C=O) groups is 2. The van der Waals surface area contributed by atoms with Gasteiger partial charge < -0.3 is 10.2 Å². The van der Waals surface area contributed by atoms with Crippen LogP contribution >= 0.6 is 11.8 Å².